The summed E-state index contributed by atoms with van der Waals surface area (Å²) in [6, 6.07) is 4.27. The van der Waals surface area contributed by atoms with Gasteiger partial charge in [0, 0.05) is 30.2 Å². The molecule has 122 valence electrons. The molecule has 1 aliphatic heterocycles. The van der Waals surface area contributed by atoms with Crippen molar-refractivity contribution in [2.75, 3.05) is 5.32 Å². The number of rotatable bonds is 1. The highest BCUT2D eigenvalue weighted by atomic mass is 19.1. The summed E-state index contributed by atoms with van der Waals surface area (Å²) in [7, 11) is 1.83. The van der Waals surface area contributed by atoms with E-state index in [0.29, 0.717) is 28.8 Å². The minimum atomic E-state index is -0.472. The van der Waals surface area contributed by atoms with Gasteiger partial charge in [-0.25, -0.2) is 4.39 Å². The van der Waals surface area contributed by atoms with Crippen LogP contribution >= 0.6 is 0 Å². The van der Waals surface area contributed by atoms with E-state index in [-0.39, 0.29) is 11.7 Å². The van der Waals surface area contributed by atoms with Crippen LogP contribution in [0.5, 0.6) is 0 Å². The number of aryl methyl sites for hydroxylation is 1. The van der Waals surface area contributed by atoms with Gasteiger partial charge in [0.25, 0.3) is 11.8 Å². The van der Waals surface area contributed by atoms with Crippen LogP contribution in [0.3, 0.4) is 0 Å². The molecule has 2 amide bonds. The van der Waals surface area contributed by atoms with Gasteiger partial charge in [-0.1, -0.05) is 0 Å². The summed E-state index contributed by atoms with van der Waals surface area (Å²) in [6.07, 6.45) is 3.96. The second-order valence-corrected chi connectivity index (χ2v) is 6.20. The zero-order valence-electron chi connectivity index (χ0n) is 13.1. The topological polar surface area (TPSA) is 77.1 Å². The number of aromatic nitrogens is 1. The lowest BCUT2D eigenvalue weighted by Gasteiger charge is -2.20. The molecule has 1 aromatic carbocycles. The second-order valence-electron chi connectivity index (χ2n) is 6.20. The average Bonchev–Trinajstić information content (AvgIpc) is 3.04. The third kappa shape index (κ3) is 1.99. The number of carbonyl (C=O) groups excluding carboxylic acids is 2. The van der Waals surface area contributed by atoms with Crippen molar-refractivity contribution in [1.82, 2.24) is 4.57 Å². The van der Waals surface area contributed by atoms with Crippen molar-refractivity contribution >= 4 is 28.6 Å². The molecular formula is C18H16FN3O2. The third-order valence-electron chi connectivity index (χ3n) is 4.72. The lowest BCUT2D eigenvalue weighted by molar-refractivity contribution is -0.110. The van der Waals surface area contributed by atoms with E-state index >= 15 is 0 Å². The van der Waals surface area contributed by atoms with E-state index in [9.17, 15) is 14.0 Å². The minimum Gasteiger partial charge on any atom is -0.366 e. The zero-order valence-corrected chi connectivity index (χ0v) is 13.1. The van der Waals surface area contributed by atoms with Gasteiger partial charge in [0.05, 0.1) is 11.1 Å². The smallest absolute Gasteiger partial charge is 0.256 e. The highest BCUT2D eigenvalue weighted by molar-refractivity contribution is 6.36. The van der Waals surface area contributed by atoms with Gasteiger partial charge in [0.2, 0.25) is 0 Å². The predicted molar refractivity (Wildman–Crippen MR) is 88.7 cm³/mol. The minimum absolute atomic E-state index is 0.236. The summed E-state index contributed by atoms with van der Waals surface area (Å²) in [5.74, 6) is -1.09. The molecule has 0 unspecified atom stereocenters. The fourth-order valence-corrected chi connectivity index (χ4v) is 3.78. The van der Waals surface area contributed by atoms with Crippen molar-refractivity contribution in [1.29, 1.82) is 0 Å². The van der Waals surface area contributed by atoms with Gasteiger partial charge in [0.15, 0.2) is 0 Å². The molecule has 6 heteroatoms. The van der Waals surface area contributed by atoms with Gasteiger partial charge in [0.1, 0.15) is 5.82 Å². The number of hydrogen-bond acceptors (Lipinski definition) is 2. The van der Waals surface area contributed by atoms with E-state index in [2.05, 4.69) is 5.32 Å². The van der Waals surface area contributed by atoms with E-state index in [0.717, 1.165) is 29.7 Å². The normalized spacial score (nSPS) is 19.0. The summed E-state index contributed by atoms with van der Waals surface area (Å²) in [5.41, 5.74) is 10.2. The lowest BCUT2D eigenvalue weighted by Crippen LogP contribution is -2.15. The molecule has 0 saturated carbocycles. The summed E-state index contributed by atoms with van der Waals surface area (Å²) in [4.78, 5) is 24.2. The number of hydrogen-bond donors (Lipinski definition) is 2. The largest absolute Gasteiger partial charge is 0.366 e. The van der Waals surface area contributed by atoms with Crippen LogP contribution in [-0.2, 0) is 18.3 Å². The number of anilines is 1. The molecule has 24 heavy (non-hydrogen) atoms. The highest BCUT2D eigenvalue weighted by Crippen LogP contribution is 2.43. The third-order valence-corrected chi connectivity index (χ3v) is 4.72. The molecule has 3 N–H and O–H groups in total. The van der Waals surface area contributed by atoms with Crippen LogP contribution in [0.4, 0.5) is 10.1 Å². The molecule has 0 bridgehead atoms. The molecule has 2 aromatic rings. The van der Waals surface area contributed by atoms with Gasteiger partial charge in [-0.05, 0) is 48.6 Å². The van der Waals surface area contributed by atoms with Gasteiger partial charge in [-0.3, -0.25) is 9.59 Å². The molecule has 0 spiro atoms. The second kappa shape index (κ2) is 5.06. The Balaban J connectivity index is 2.00. The Kier molecular flexibility index (Phi) is 3.09. The first-order valence-corrected chi connectivity index (χ1v) is 7.80. The Morgan fingerprint density at radius 3 is 2.88 bits per heavy atom. The van der Waals surface area contributed by atoms with E-state index < -0.39 is 5.91 Å². The molecule has 0 fully saturated rings. The molecule has 0 atom stereocenters. The van der Waals surface area contributed by atoms with Crippen molar-refractivity contribution in [2.24, 2.45) is 12.8 Å². The number of halogens is 1. The van der Waals surface area contributed by atoms with E-state index in [1.165, 1.54) is 12.1 Å². The first kappa shape index (κ1) is 14.7. The number of fused-ring (bicyclic) bond motifs is 2. The maximum absolute atomic E-state index is 13.7. The van der Waals surface area contributed by atoms with Gasteiger partial charge in [-0.15, -0.1) is 0 Å². The highest BCUT2D eigenvalue weighted by Gasteiger charge is 2.32. The number of benzene rings is 1. The standard InChI is InChI=1S/C18H16FN3O2/c1-22-8-13(17(20)23)10-3-2-4-11(16(10)22)15-12-7-9(19)5-6-14(12)21-18(15)24/h5-8H,2-4H2,1H3,(H2,20,23)(H,21,24). The maximum atomic E-state index is 13.7. The summed E-state index contributed by atoms with van der Waals surface area (Å²) < 4.78 is 15.5. The van der Waals surface area contributed by atoms with Gasteiger partial charge < -0.3 is 15.6 Å². The first-order valence-electron chi connectivity index (χ1n) is 7.80. The van der Waals surface area contributed by atoms with E-state index in [1.54, 1.807) is 12.3 Å². The van der Waals surface area contributed by atoms with Crippen molar-refractivity contribution in [3.8, 4) is 0 Å². The van der Waals surface area contributed by atoms with Crippen LogP contribution in [0.25, 0.3) is 11.1 Å². The quantitative estimate of drug-likeness (QED) is 0.790. The van der Waals surface area contributed by atoms with Gasteiger partial charge >= 0.3 is 0 Å². The fraction of sp³-hybridized carbons (Fsp3) is 0.222. The Morgan fingerprint density at radius 1 is 1.33 bits per heavy atom. The predicted octanol–water partition coefficient (Wildman–Crippen LogP) is 2.46. The Morgan fingerprint density at radius 2 is 2.12 bits per heavy atom. The first-order chi connectivity index (χ1) is 11.5. The van der Waals surface area contributed by atoms with E-state index in [1.807, 2.05) is 11.6 Å². The molecular weight excluding hydrogens is 309 g/mol. The van der Waals surface area contributed by atoms with Crippen LogP contribution in [0, 0.1) is 5.82 Å². The van der Waals surface area contributed by atoms with Crippen LogP contribution in [0.1, 0.15) is 40.0 Å². The average molecular weight is 325 g/mol. The van der Waals surface area contributed by atoms with Crippen molar-refractivity contribution in [3.63, 3.8) is 0 Å². The molecule has 4 rings (SSSR count). The number of allylic oxidation sites excluding steroid dienone is 1. The molecule has 1 aliphatic carbocycles. The summed E-state index contributed by atoms with van der Waals surface area (Å²) >= 11 is 0. The number of nitrogens with zero attached hydrogens (tertiary/aromatic N) is 1. The number of nitrogens with one attached hydrogen (secondary N) is 1. The molecule has 5 nitrogen and oxygen atoms in total. The molecule has 0 radical (unpaired) electrons. The maximum Gasteiger partial charge on any atom is 0.256 e. The zero-order chi connectivity index (χ0) is 17.0. The summed E-state index contributed by atoms with van der Waals surface area (Å²) in [5, 5.41) is 2.79. The number of carbonyl (C=O) groups is 2. The number of nitrogens with two attached hydrogens (primary N) is 1. The van der Waals surface area contributed by atoms with Gasteiger partial charge in [-0.2, -0.15) is 0 Å². The van der Waals surface area contributed by atoms with E-state index in [4.69, 9.17) is 5.73 Å². The molecule has 2 aliphatic rings. The van der Waals surface area contributed by atoms with Crippen LogP contribution in [0.15, 0.2) is 24.4 Å². The van der Waals surface area contributed by atoms with Crippen LogP contribution in [0.2, 0.25) is 0 Å². The van der Waals surface area contributed by atoms with Crippen molar-refractivity contribution in [3.05, 3.63) is 52.6 Å². The van der Waals surface area contributed by atoms with Crippen molar-refractivity contribution < 1.29 is 14.0 Å². The Labute approximate surface area is 138 Å². The Hall–Kier alpha value is -2.89. The lowest BCUT2D eigenvalue weighted by atomic mass is 9.86. The Bertz CT molecular complexity index is 940. The molecule has 1 aromatic heterocycles. The summed E-state index contributed by atoms with van der Waals surface area (Å²) in [6.45, 7) is 0. The molecule has 2 heterocycles. The molecule has 0 saturated heterocycles. The number of amides is 2. The van der Waals surface area contributed by atoms with Crippen LogP contribution < -0.4 is 11.1 Å². The SMILES string of the molecule is Cn1cc(C(N)=O)c2c1C(=C1C(=O)Nc3ccc(F)cc31)CCC2. The van der Waals surface area contributed by atoms with Crippen molar-refractivity contribution in [2.45, 2.75) is 19.3 Å². The monoisotopic (exact) mass is 325 g/mol. The van der Waals surface area contributed by atoms with Crippen LogP contribution in [-0.4, -0.2) is 16.4 Å². The fourth-order valence-electron chi connectivity index (χ4n) is 3.78. The number of primary amides is 1.